The summed E-state index contributed by atoms with van der Waals surface area (Å²) in [6.45, 7) is 6.68. The van der Waals surface area contributed by atoms with Crippen molar-refractivity contribution in [2.24, 2.45) is 11.3 Å². The zero-order chi connectivity index (χ0) is 12.6. The third-order valence-corrected chi connectivity index (χ3v) is 4.35. The van der Waals surface area contributed by atoms with Gasteiger partial charge in [-0.1, -0.05) is 19.9 Å². The molecule has 0 radical (unpaired) electrons. The Labute approximate surface area is 110 Å². The lowest BCUT2D eigenvalue weighted by molar-refractivity contribution is 0.238. The molecule has 18 heavy (non-hydrogen) atoms. The Morgan fingerprint density at radius 2 is 2.28 bits per heavy atom. The first-order valence-electron chi connectivity index (χ1n) is 7.12. The Morgan fingerprint density at radius 1 is 1.39 bits per heavy atom. The van der Waals surface area contributed by atoms with E-state index in [0.717, 1.165) is 31.2 Å². The molecule has 1 N–H and O–H groups in total. The number of anilines is 1. The van der Waals surface area contributed by atoms with E-state index in [1.54, 1.807) is 0 Å². The van der Waals surface area contributed by atoms with Gasteiger partial charge in [0.2, 0.25) is 0 Å². The molecule has 1 aromatic rings. The molecule has 0 amide bonds. The fourth-order valence-corrected chi connectivity index (χ4v) is 3.30. The Kier molecular flexibility index (Phi) is 2.96. The van der Waals surface area contributed by atoms with Crippen molar-refractivity contribution in [1.82, 2.24) is 0 Å². The summed E-state index contributed by atoms with van der Waals surface area (Å²) < 4.78 is 5.97. The van der Waals surface area contributed by atoms with Crippen LogP contribution in [0.2, 0.25) is 0 Å². The number of benzene rings is 1. The van der Waals surface area contributed by atoms with E-state index < -0.39 is 0 Å². The number of hydrogen-bond acceptors (Lipinski definition) is 2. The maximum absolute atomic E-state index is 5.97. The minimum atomic E-state index is 0.521. The van der Waals surface area contributed by atoms with E-state index in [2.05, 4.69) is 37.4 Å². The van der Waals surface area contributed by atoms with E-state index in [9.17, 15) is 0 Å². The zero-order valence-electron chi connectivity index (χ0n) is 11.5. The highest BCUT2D eigenvalue weighted by Gasteiger charge is 2.31. The van der Waals surface area contributed by atoms with E-state index in [1.165, 1.54) is 30.5 Å². The molecule has 1 aliphatic heterocycles. The third kappa shape index (κ3) is 2.47. The van der Waals surface area contributed by atoms with Crippen LogP contribution in [0.5, 0.6) is 5.75 Å². The minimum Gasteiger partial charge on any atom is -0.493 e. The Morgan fingerprint density at radius 3 is 3.06 bits per heavy atom. The van der Waals surface area contributed by atoms with Gasteiger partial charge < -0.3 is 10.1 Å². The molecule has 98 valence electrons. The molecule has 2 nitrogen and oxygen atoms in total. The highest BCUT2D eigenvalue weighted by Crippen LogP contribution is 2.41. The molecule has 1 aromatic carbocycles. The summed E-state index contributed by atoms with van der Waals surface area (Å²) in [4.78, 5) is 0. The normalized spacial score (nSPS) is 24.7. The van der Waals surface area contributed by atoms with Crippen molar-refractivity contribution in [3.8, 4) is 5.75 Å². The van der Waals surface area contributed by atoms with Crippen LogP contribution in [0, 0.1) is 11.3 Å². The van der Waals surface area contributed by atoms with E-state index in [4.69, 9.17) is 4.74 Å². The van der Waals surface area contributed by atoms with Crippen LogP contribution in [-0.4, -0.2) is 13.2 Å². The van der Waals surface area contributed by atoms with Crippen molar-refractivity contribution >= 4 is 5.69 Å². The third-order valence-electron chi connectivity index (χ3n) is 4.35. The number of rotatable bonds is 3. The van der Waals surface area contributed by atoms with Crippen LogP contribution < -0.4 is 10.1 Å². The van der Waals surface area contributed by atoms with E-state index >= 15 is 0 Å². The number of ether oxygens (including phenoxy) is 1. The van der Waals surface area contributed by atoms with Crippen molar-refractivity contribution < 1.29 is 4.74 Å². The molecule has 1 fully saturated rings. The summed E-state index contributed by atoms with van der Waals surface area (Å²) in [5, 5.41) is 3.40. The van der Waals surface area contributed by atoms with Crippen LogP contribution in [-0.2, 0) is 6.42 Å². The number of nitrogens with one attached hydrogen (secondary N) is 1. The van der Waals surface area contributed by atoms with Crippen LogP contribution in [0.1, 0.15) is 38.7 Å². The maximum Gasteiger partial charge on any atom is 0.121 e. The van der Waals surface area contributed by atoms with Gasteiger partial charge in [-0.15, -0.1) is 0 Å². The van der Waals surface area contributed by atoms with Gasteiger partial charge in [-0.2, -0.15) is 0 Å². The lowest BCUT2D eigenvalue weighted by atomic mass is 9.91. The second kappa shape index (κ2) is 4.49. The van der Waals surface area contributed by atoms with Gasteiger partial charge in [0.1, 0.15) is 5.75 Å². The molecule has 1 heterocycles. The summed E-state index contributed by atoms with van der Waals surface area (Å²) in [5.41, 5.74) is 3.21. The molecular formula is C16H23NO. The lowest BCUT2D eigenvalue weighted by Gasteiger charge is -2.17. The maximum atomic E-state index is 5.97. The van der Waals surface area contributed by atoms with Crippen LogP contribution in [0.3, 0.4) is 0 Å². The monoisotopic (exact) mass is 245 g/mol. The van der Waals surface area contributed by atoms with Crippen molar-refractivity contribution in [3.63, 3.8) is 0 Å². The Bertz CT molecular complexity index is 439. The molecule has 3 rings (SSSR count). The fourth-order valence-electron chi connectivity index (χ4n) is 3.30. The van der Waals surface area contributed by atoms with E-state index in [-0.39, 0.29) is 0 Å². The van der Waals surface area contributed by atoms with Gasteiger partial charge in [-0.05, 0) is 48.6 Å². The van der Waals surface area contributed by atoms with Crippen LogP contribution in [0.4, 0.5) is 5.69 Å². The summed E-state index contributed by atoms with van der Waals surface area (Å²) in [6.07, 6.45) is 5.10. The molecular weight excluding hydrogens is 222 g/mol. The zero-order valence-corrected chi connectivity index (χ0v) is 11.5. The van der Waals surface area contributed by atoms with Gasteiger partial charge in [-0.3, -0.25) is 0 Å². The van der Waals surface area contributed by atoms with Gasteiger partial charge in [0, 0.05) is 18.3 Å². The van der Waals surface area contributed by atoms with Gasteiger partial charge in [0.05, 0.1) is 6.61 Å². The summed E-state index contributed by atoms with van der Waals surface area (Å²) in [7, 11) is 0. The van der Waals surface area contributed by atoms with Gasteiger partial charge in [-0.25, -0.2) is 0 Å². The van der Waals surface area contributed by atoms with Crippen LogP contribution in [0.25, 0.3) is 0 Å². The Balaban J connectivity index is 1.57. The predicted octanol–water partition coefficient (Wildman–Crippen LogP) is 3.86. The SMILES string of the molecule is CC1(C)CCC(COc2ccc3c(c2)NCC3)C1. The molecule has 0 bridgehead atoms. The topological polar surface area (TPSA) is 21.3 Å². The second-order valence-corrected chi connectivity index (χ2v) is 6.58. The largest absolute Gasteiger partial charge is 0.493 e. The van der Waals surface area contributed by atoms with Gasteiger partial charge in [0.15, 0.2) is 0 Å². The Hall–Kier alpha value is -1.18. The fraction of sp³-hybridized carbons (Fsp3) is 0.625. The van der Waals surface area contributed by atoms with Crippen molar-refractivity contribution in [2.75, 3.05) is 18.5 Å². The van der Waals surface area contributed by atoms with Crippen molar-refractivity contribution in [2.45, 2.75) is 39.5 Å². The summed E-state index contributed by atoms with van der Waals surface area (Å²) >= 11 is 0. The summed E-state index contributed by atoms with van der Waals surface area (Å²) in [6, 6.07) is 6.47. The molecule has 1 unspecified atom stereocenters. The van der Waals surface area contributed by atoms with E-state index in [1.807, 2.05) is 0 Å². The van der Waals surface area contributed by atoms with Crippen molar-refractivity contribution in [3.05, 3.63) is 23.8 Å². The first-order chi connectivity index (χ1) is 8.62. The van der Waals surface area contributed by atoms with Crippen molar-refractivity contribution in [1.29, 1.82) is 0 Å². The molecule has 1 saturated carbocycles. The highest BCUT2D eigenvalue weighted by atomic mass is 16.5. The molecule has 2 aliphatic rings. The first kappa shape index (κ1) is 11.9. The van der Waals surface area contributed by atoms with Crippen LogP contribution >= 0.6 is 0 Å². The predicted molar refractivity (Wildman–Crippen MR) is 75.3 cm³/mol. The first-order valence-corrected chi connectivity index (χ1v) is 7.12. The van der Waals surface area contributed by atoms with Gasteiger partial charge >= 0.3 is 0 Å². The minimum absolute atomic E-state index is 0.521. The lowest BCUT2D eigenvalue weighted by Crippen LogP contribution is -2.11. The molecule has 2 heteroatoms. The molecule has 1 aliphatic carbocycles. The average molecular weight is 245 g/mol. The molecule has 1 atom stereocenters. The standard InChI is InChI=1S/C16H23NO/c1-16(2)7-5-12(10-16)11-18-14-4-3-13-6-8-17-15(13)9-14/h3-4,9,12,17H,5-8,10-11H2,1-2H3. The molecule has 0 spiro atoms. The van der Waals surface area contributed by atoms with E-state index in [0.29, 0.717) is 5.41 Å². The smallest absolute Gasteiger partial charge is 0.121 e. The van der Waals surface area contributed by atoms with Crippen LogP contribution in [0.15, 0.2) is 18.2 Å². The molecule has 0 aromatic heterocycles. The number of hydrogen-bond donors (Lipinski definition) is 1. The number of fused-ring (bicyclic) bond motifs is 1. The average Bonchev–Trinajstić information content (AvgIpc) is 2.92. The van der Waals surface area contributed by atoms with Gasteiger partial charge in [0.25, 0.3) is 0 Å². The summed E-state index contributed by atoms with van der Waals surface area (Å²) in [5.74, 6) is 1.76. The second-order valence-electron chi connectivity index (χ2n) is 6.58. The quantitative estimate of drug-likeness (QED) is 0.873. The highest BCUT2D eigenvalue weighted by molar-refractivity contribution is 5.58. The molecule has 0 saturated heterocycles.